The summed E-state index contributed by atoms with van der Waals surface area (Å²) in [4.78, 5) is 0. The van der Waals surface area contributed by atoms with E-state index in [1.165, 1.54) is 38.5 Å². The van der Waals surface area contributed by atoms with Gasteiger partial charge in [-0.2, -0.15) is 0 Å². The second-order valence-electron chi connectivity index (χ2n) is 9.93. The van der Waals surface area contributed by atoms with Gasteiger partial charge in [0.2, 0.25) is 0 Å². The molecule has 0 amide bonds. The van der Waals surface area contributed by atoms with Crippen molar-refractivity contribution in [3.63, 3.8) is 0 Å². The molecule has 4 aliphatic rings. The first-order valence-corrected chi connectivity index (χ1v) is 11.7. The molecule has 3 unspecified atom stereocenters. The first kappa shape index (κ1) is 18.7. The van der Waals surface area contributed by atoms with Gasteiger partial charge in [0.15, 0.2) is 8.46 Å². The highest BCUT2D eigenvalue weighted by atomic mass is 31.1. The molecule has 0 saturated heterocycles. The van der Waals surface area contributed by atoms with Crippen molar-refractivity contribution in [1.82, 2.24) is 0 Å². The van der Waals surface area contributed by atoms with Crippen LogP contribution in [0.3, 0.4) is 0 Å². The SMILES string of the molecule is CC=C[C@@H](C)C1=CCC2C3CCC4C[C@H](P=O)CC[C@]4(C)C3=CC[C@]12C. The van der Waals surface area contributed by atoms with Gasteiger partial charge in [0, 0.05) is 5.66 Å². The van der Waals surface area contributed by atoms with E-state index in [1.54, 1.807) is 11.1 Å². The van der Waals surface area contributed by atoms with Gasteiger partial charge in [0.1, 0.15) is 0 Å². The first-order chi connectivity index (χ1) is 12.4. The van der Waals surface area contributed by atoms with E-state index >= 15 is 0 Å². The molecule has 2 saturated carbocycles. The Hall–Kier alpha value is -0.680. The molecule has 0 aromatic rings. The van der Waals surface area contributed by atoms with Gasteiger partial charge in [0.05, 0.1) is 0 Å². The molecule has 7 atom stereocenters. The Bertz CT molecular complexity index is 674. The quantitative estimate of drug-likeness (QED) is 0.375. The fourth-order valence-corrected chi connectivity index (χ4v) is 7.89. The molecule has 0 aromatic heterocycles. The molecule has 2 fully saturated rings. The van der Waals surface area contributed by atoms with Crippen molar-refractivity contribution in [1.29, 1.82) is 0 Å². The van der Waals surface area contributed by atoms with E-state index < -0.39 is 0 Å². The molecule has 26 heavy (non-hydrogen) atoms. The molecule has 4 rings (SSSR count). The third kappa shape index (κ3) is 2.64. The maximum atomic E-state index is 11.4. The Morgan fingerprint density at radius 1 is 1.19 bits per heavy atom. The van der Waals surface area contributed by atoms with Crippen LogP contribution in [-0.2, 0) is 4.57 Å². The van der Waals surface area contributed by atoms with Gasteiger partial charge in [-0.05, 0) is 86.4 Å². The number of hydrogen-bond donors (Lipinski definition) is 0. The first-order valence-electron chi connectivity index (χ1n) is 10.8. The highest BCUT2D eigenvalue weighted by Crippen LogP contribution is 2.65. The van der Waals surface area contributed by atoms with Crippen molar-refractivity contribution in [3.05, 3.63) is 35.5 Å². The molecule has 0 heterocycles. The Labute approximate surface area is 161 Å². The maximum absolute atomic E-state index is 11.4. The third-order valence-corrected chi connectivity index (χ3v) is 9.53. The second-order valence-corrected chi connectivity index (χ2v) is 10.9. The number of hydrogen-bond acceptors (Lipinski definition) is 1. The van der Waals surface area contributed by atoms with Gasteiger partial charge in [-0.25, -0.2) is 0 Å². The van der Waals surface area contributed by atoms with Gasteiger partial charge in [-0.1, -0.05) is 56.2 Å². The highest BCUT2D eigenvalue weighted by Gasteiger charge is 2.55. The third-order valence-electron chi connectivity index (χ3n) is 8.76. The van der Waals surface area contributed by atoms with Gasteiger partial charge < -0.3 is 0 Å². The molecule has 0 bridgehead atoms. The normalized spacial score (nSPS) is 46.3. The summed E-state index contributed by atoms with van der Waals surface area (Å²) in [6.07, 6.45) is 18.6. The van der Waals surface area contributed by atoms with Crippen molar-refractivity contribution < 1.29 is 4.57 Å². The monoisotopic (exact) mass is 370 g/mol. The minimum absolute atomic E-state index is 0.362. The van der Waals surface area contributed by atoms with Crippen LogP contribution >= 0.6 is 8.46 Å². The van der Waals surface area contributed by atoms with Crippen LogP contribution in [0.5, 0.6) is 0 Å². The average molecular weight is 371 g/mol. The van der Waals surface area contributed by atoms with Crippen LogP contribution in [0.4, 0.5) is 0 Å². The largest absolute Gasteiger partial charge is 0.275 e. The van der Waals surface area contributed by atoms with Crippen molar-refractivity contribution in [2.24, 2.45) is 34.5 Å². The van der Waals surface area contributed by atoms with E-state index in [2.05, 4.69) is 52.0 Å². The van der Waals surface area contributed by atoms with E-state index in [9.17, 15) is 4.57 Å². The summed E-state index contributed by atoms with van der Waals surface area (Å²) in [5, 5.41) is 0. The lowest BCUT2D eigenvalue weighted by Gasteiger charge is -2.56. The fourth-order valence-electron chi connectivity index (χ4n) is 7.31. The minimum atomic E-state index is 0.362. The van der Waals surface area contributed by atoms with Gasteiger partial charge in [-0.3, -0.25) is 4.57 Å². The summed E-state index contributed by atoms with van der Waals surface area (Å²) in [6, 6.07) is 0. The Balaban J connectivity index is 1.63. The van der Waals surface area contributed by atoms with Crippen molar-refractivity contribution in [2.45, 2.75) is 78.3 Å². The van der Waals surface area contributed by atoms with Gasteiger partial charge in [-0.15, -0.1) is 0 Å². The highest BCUT2D eigenvalue weighted by molar-refractivity contribution is 7.24. The minimum Gasteiger partial charge on any atom is -0.275 e. The predicted octanol–water partition coefficient (Wildman–Crippen LogP) is 7.36. The molecule has 142 valence electrons. The molecule has 0 aromatic carbocycles. The molecule has 0 aliphatic heterocycles. The van der Waals surface area contributed by atoms with E-state index in [0.29, 0.717) is 30.9 Å². The van der Waals surface area contributed by atoms with Crippen LogP contribution in [0, 0.1) is 34.5 Å². The molecular weight excluding hydrogens is 335 g/mol. The number of allylic oxidation sites excluding steroid dienone is 6. The van der Waals surface area contributed by atoms with E-state index in [0.717, 1.165) is 24.2 Å². The van der Waals surface area contributed by atoms with Crippen LogP contribution in [0.15, 0.2) is 35.5 Å². The predicted molar refractivity (Wildman–Crippen MR) is 111 cm³/mol. The van der Waals surface area contributed by atoms with Crippen LogP contribution in [0.1, 0.15) is 72.6 Å². The summed E-state index contributed by atoms with van der Waals surface area (Å²) in [5.41, 5.74) is 4.65. The lowest BCUT2D eigenvalue weighted by molar-refractivity contribution is 0.0491. The Kier molecular flexibility index (Phi) is 4.84. The van der Waals surface area contributed by atoms with E-state index in [4.69, 9.17) is 0 Å². The summed E-state index contributed by atoms with van der Waals surface area (Å²) < 4.78 is 11.4. The molecule has 4 aliphatic carbocycles. The standard InChI is InChI=1S/C24H35OP/c1-5-6-16(2)20-9-10-21-19-8-7-17-15-18(26-25)11-13-23(17,3)22(19)12-14-24(20,21)4/h5-6,9,12,16-19,21H,7-8,10-11,13-15H2,1-4H3/t16-,17?,18-,19?,21?,23+,24-/m1/s1. The zero-order valence-electron chi connectivity index (χ0n) is 17.0. The van der Waals surface area contributed by atoms with E-state index in [1.807, 2.05) is 0 Å². The topological polar surface area (TPSA) is 17.1 Å². The number of fused-ring (bicyclic) bond motifs is 5. The second kappa shape index (κ2) is 6.73. The number of rotatable bonds is 3. The Morgan fingerprint density at radius 2 is 2.00 bits per heavy atom. The molecule has 0 N–H and O–H groups in total. The summed E-state index contributed by atoms with van der Waals surface area (Å²) >= 11 is 0. The molecule has 0 radical (unpaired) electrons. The van der Waals surface area contributed by atoms with E-state index in [-0.39, 0.29) is 0 Å². The molecule has 0 spiro atoms. The van der Waals surface area contributed by atoms with Gasteiger partial charge >= 0.3 is 0 Å². The van der Waals surface area contributed by atoms with Crippen LogP contribution in [0.25, 0.3) is 0 Å². The summed E-state index contributed by atoms with van der Waals surface area (Å²) in [7, 11) is 0.386. The molecular formula is C24H35OP. The maximum Gasteiger partial charge on any atom is 0.158 e. The Morgan fingerprint density at radius 3 is 2.73 bits per heavy atom. The zero-order valence-corrected chi connectivity index (χ0v) is 17.9. The smallest absolute Gasteiger partial charge is 0.158 e. The average Bonchev–Trinajstić information content (AvgIpc) is 2.98. The van der Waals surface area contributed by atoms with Crippen LogP contribution in [0.2, 0.25) is 0 Å². The van der Waals surface area contributed by atoms with Gasteiger partial charge in [0.25, 0.3) is 0 Å². The fraction of sp³-hybridized carbons (Fsp3) is 0.750. The van der Waals surface area contributed by atoms with Crippen molar-refractivity contribution in [2.75, 3.05) is 0 Å². The molecule has 2 heteroatoms. The molecule has 1 nitrogen and oxygen atoms in total. The van der Waals surface area contributed by atoms with Crippen molar-refractivity contribution in [3.8, 4) is 0 Å². The zero-order chi connectivity index (χ0) is 18.5. The lowest BCUT2D eigenvalue weighted by atomic mass is 9.48. The van der Waals surface area contributed by atoms with Crippen LogP contribution in [-0.4, -0.2) is 5.66 Å². The summed E-state index contributed by atoms with van der Waals surface area (Å²) in [5.74, 6) is 2.91. The summed E-state index contributed by atoms with van der Waals surface area (Å²) in [6.45, 7) is 9.61. The van der Waals surface area contributed by atoms with Crippen LogP contribution < -0.4 is 0 Å². The lowest BCUT2D eigenvalue weighted by Crippen LogP contribution is -2.47. The van der Waals surface area contributed by atoms with Crippen molar-refractivity contribution >= 4 is 8.46 Å².